The van der Waals surface area contributed by atoms with Gasteiger partial charge in [-0.15, -0.1) is 0 Å². The van der Waals surface area contributed by atoms with E-state index in [1.165, 1.54) is 0 Å². The zero-order valence-electron chi connectivity index (χ0n) is 13.7. The van der Waals surface area contributed by atoms with Crippen molar-refractivity contribution >= 4 is 11.8 Å². The Bertz CT molecular complexity index is 462. The summed E-state index contributed by atoms with van der Waals surface area (Å²) in [5.74, 6) is 0.293. The lowest BCUT2D eigenvalue weighted by molar-refractivity contribution is -0.143. The summed E-state index contributed by atoms with van der Waals surface area (Å²) in [5, 5.41) is 2.86. The number of hydrogen-bond donors (Lipinski definition) is 1. The second kappa shape index (κ2) is 4.45. The summed E-state index contributed by atoms with van der Waals surface area (Å²) in [7, 11) is 2.17. The van der Waals surface area contributed by atoms with Gasteiger partial charge in [-0.25, -0.2) is 0 Å². The van der Waals surface area contributed by atoms with Gasteiger partial charge in [0.25, 0.3) is 0 Å². The molecule has 0 spiro atoms. The SMILES string of the molecule is CN1CC2(C)CN(C(=O)C3(C)CCC(=O)NC3)CC2(C)C1. The molecule has 0 aromatic heterocycles. The van der Waals surface area contributed by atoms with E-state index in [9.17, 15) is 9.59 Å². The van der Waals surface area contributed by atoms with Crippen LogP contribution in [0, 0.1) is 16.2 Å². The van der Waals surface area contributed by atoms with Crippen LogP contribution in [0.3, 0.4) is 0 Å². The second-order valence-electron chi connectivity index (χ2n) is 8.29. The summed E-state index contributed by atoms with van der Waals surface area (Å²) in [6.45, 7) is 10.9. The van der Waals surface area contributed by atoms with Crippen molar-refractivity contribution in [2.45, 2.75) is 33.6 Å². The van der Waals surface area contributed by atoms with E-state index in [2.05, 4.69) is 36.0 Å². The average molecular weight is 293 g/mol. The van der Waals surface area contributed by atoms with Crippen LogP contribution < -0.4 is 5.32 Å². The number of rotatable bonds is 1. The van der Waals surface area contributed by atoms with Crippen molar-refractivity contribution in [3.05, 3.63) is 0 Å². The highest BCUT2D eigenvalue weighted by atomic mass is 16.2. The molecule has 0 saturated carbocycles. The number of carbonyl (C=O) groups excluding carboxylic acids is 2. The number of hydrogen-bond acceptors (Lipinski definition) is 3. The monoisotopic (exact) mass is 293 g/mol. The Hall–Kier alpha value is -1.10. The second-order valence-corrected chi connectivity index (χ2v) is 8.29. The molecular weight excluding hydrogens is 266 g/mol. The largest absolute Gasteiger partial charge is 0.355 e. The highest BCUT2D eigenvalue weighted by molar-refractivity contribution is 5.87. The van der Waals surface area contributed by atoms with Crippen molar-refractivity contribution in [3.8, 4) is 0 Å². The van der Waals surface area contributed by atoms with Crippen LogP contribution in [0.2, 0.25) is 0 Å². The molecule has 0 radical (unpaired) electrons. The standard InChI is InChI=1S/C16H27N3O2/c1-14(6-5-12(20)17-7-14)13(21)19-10-15(2)8-18(4)9-16(15,3)11-19/h5-11H2,1-4H3,(H,17,20). The number of nitrogens with one attached hydrogen (secondary N) is 1. The molecule has 0 aromatic rings. The molecule has 118 valence electrons. The number of piperidine rings is 1. The maximum absolute atomic E-state index is 13.0. The minimum absolute atomic E-state index is 0.0686. The Morgan fingerprint density at radius 3 is 2.14 bits per heavy atom. The van der Waals surface area contributed by atoms with Gasteiger partial charge in [0, 0.05) is 50.0 Å². The van der Waals surface area contributed by atoms with Gasteiger partial charge < -0.3 is 15.1 Å². The Labute approximate surface area is 127 Å². The first-order chi connectivity index (χ1) is 9.67. The van der Waals surface area contributed by atoms with Gasteiger partial charge in [0.1, 0.15) is 0 Å². The summed E-state index contributed by atoms with van der Waals surface area (Å²) in [5.41, 5.74) is -0.0530. The molecule has 3 unspecified atom stereocenters. The predicted molar refractivity (Wildman–Crippen MR) is 80.6 cm³/mol. The Morgan fingerprint density at radius 1 is 1.10 bits per heavy atom. The minimum Gasteiger partial charge on any atom is -0.355 e. The lowest BCUT2D eigenvalue weighted by Gasteiger charge is -2.36. The molecule has 3 atom stereocenters. The topological polar surface area (TPSA) is 52.7 Å². The molecule has 3 aliphatic heterocycles. The molecular formula is C16H27N3O2. The smallest absolute Gasteiger partial charge is 0.230 e. The molecule has 5 nitrogen and oxygen atoms in total. The number of fused-ring (bicyclic) bond motifs is 1. The van der Waals surface area contributed by atoms with E-state index in [0.717, 1.165) is 26.2 Å². The molecule has 0 bridgehead atoms. The normalized spacial score (nSPS) is 43.8. The summed E-state index contributed by atoms with van der Waals surface area (Å²) in [6, 6.07) is 0. The van der Waals surface area contributed by atoms with E-state index >= 15 is 0 Å². The van der Waals surface area contributed by atoms with E-state index in [-0.39, 0.29) is 22.6 Å². The zero-order valence-corrected chi connectivity index (χ0v) is 13.7. The Kier molecular flexibility index (Phi) is 3.14. The van der Waals surface area contributed by atoms with Gasteiger partial charge in [-0.05, 0) is 20.4 Å². The molecule has 3 heterocycles. The van der Waals surface area contributed by atoms with Gasteiger partial charge in [-0.2, -0.15) is 0 Å². The zero-order chi connectivity index (χ0) is 15.5. The van der Waals surface area contributed by atoms with Crippen molar-refractivity contribution < 1.29 is 9.59 Å². The first kappa shape index (κ1) is 14.8. The molecule has 3 rings (SSSR count). The first-order valence-corrected chi connectivity index (χ1v) is 7.92. The van der Waals surface area contributed by atoms with Crippen LogP contribution in [0.5, 0.6) is 0 Å². The fraction of sp³-hybridized carbons (Fsp3) is 0.875. The Balaban J connectivity index is 1.75. The summed E-state index contributed by atoms with van der Waals surface area (Å²) >= 11 is 0. The van der Waals surface area contributed by atoms with Crippen LogP contribution in [-0.4, -0.2) is 61.4 Å². The van der Waals surface area contributed by atoms with Crippen molar-refractivity contribution in [2.75, 3.05) is 39.8 Å². The fourth-order valence-corrected chi connectivity index (χ4v) is 4.58. The van der Waals surface area contributed by atoms with Gasteiger partial charge in [-0.3, -0.25) is 9.59 Å². The van der Waals surface area contributed by atoms with E-state index < -0.39 is 5.41 Å². The van der Waals surface area contributed by atoms with Gasteiger partial charge in [-0.1, -0.05) is 13.8 Å². The molecule has 0 aromatic carbocycles. The van der Waals surface area contributed by atoms with Gasteiger partial charge in [0.2, 0.25) is 11.8 Å². The molecule has 2 amide bonds. The number of amides is 2. The van der Waals surface area contributed by atoms with Gasteiger partial charge in [0.05, 0.1) is 5.41 Å². The number of nitrogens with zero attached hydrogens (tertiary/aromatic N) is 2. The van der Waals surface area contributed by atoms with Crippen molar-refractivity contribution in [2.24, 2.45) is 16.2 Å². The molecule has 3 fully saturated rings. The summed E-state index contributed by atoms with van der Waals surface area (Å²) < 4.78 is 0. The van der Waals surface area contributed by atoms with Gasteiger partial charge >= 0.3 is 0 Å². The van der Waals surface area contributed by atoms with Crippen LogP contribution in [0.4, 0.5) is 0 Å². The number of carbonyl (C=O) groups is 2. The third kappa shape index (κ3) is 2.17. The quantitative estimate of drug-likeness (QED) is 0.774. The van der Waals surface area contributed by atoms with E-state index in [0.29, 0.717) is 19.4 Å². The summed E-state index contributed by atoms with van der Waals surface area (Å²) in [4.78, 5) is 28.8. The van der Waals surface area contributed by atoms with Crippen LogP contribution in [0.25, 0.3) is 0 Å². The van der Waals surface area contributed by atoms with Crippen LogP contribution in [-0.2, 0) is 9.59 Å². The van der Waals surface area contributed by atoms with Crippen LogP contribution >= 0.6 is 0 Å². The maximum atomic E-state index is 13.0. The highest BCUT2D eigenvalue weighted by Crippen LogP contribution is 2.51. The molecule has 3 saturated heterocycles. The average Bonchev–Trinajstić information content (AvgIpc) is 2.75. The lowest BCUT2D eigenvalue weighted by atomic mass is 9.71. The van der Waals surface area contributed by atoms with E-state index in [1.807, 2.05) is 6.92 Å². The number of likely N-dealkylation sites (tertiary alicyclic amines) is 2. The molecule has 1 N–H and O–H groups in total. The first-order valence-electron chi connectivity index (χ1n) is 7.92. The van der Waals surface area contributed by atoms with Crippen LogP contribution in [0.1, 0.15) is 33.6 Å². The Morgan fingerprint density at radius 2 is 1.67 bits per heavy atom. The lowest BCUT2D eigenvalue weighted by Crippen LogP contribution is -2.52. The van der Waals surface area contributed by atoms with Gasteiger partial charge in [0.15, 0.2) is 0 Å². The predicted octanol–water partition coefficient (Wildman–Crippen LogP) is 0.703. The third-order valence-electron chi connectivity index (χ3n) is 6.16. The molecule has 0 aliphatic carbocycles. The maximum Gasteiger partial charge on any atom is 0.230 e. The van der Waals surface area contributed by atoms with Crippen molar-refractivity contribution in [1.29, 1.82) is 0 Å². The summed E-state index contributed by atoms with van der Waals surface area (Å²) in [6.07, 6.45) is 1.13. The molecule has 3 aliphatic rings. The third-order valence-corrected chi connectivity index (χ3v) is 6.16. The minimum atomic E-state index is -0.425. The van der Waals surface area contributed by atoms with E-state index in [1.54, 1.807) is 0 Å². The highest BCUT2D eigenvalue weighted by Gasteiger charge is 2.58. The molecule has 21 heavy (non-hydrogen) atoms. The van der Waals surface area contributed by atoms with Crippen molar-refractivity contribution in [1.82, 2.24) is 15.1 Å². The van der Waals surface area contributed by atoms with E-state index in [4.69, 9.17) is 0 Å². The fourth-order valence-electron chi connectivity index (χ4n) is 4.58. The molecule has 5 heteroatoms. The van der Waals surface area contributed by atoms with Crippen molar-refractivity contribution in [3.63, 3.8) is 0 Å². The van der Waals surface area contributed by atoms with Crippen LogP contribution in [0.15, 0.2) is 0 Å².